The molecular formula is C22H24N4O2. The van der Waals surface area contributed by atoms with Crippen LogP contribution in [0.25, 0.3) is 11.4 Å². The van der Waals surface area contributed by atoms with Crippen molar-refractivity contribution >= 4 is 11.6 Å². The van der Waals surface area contributed by atoms with Gasteiger partial charge in [0.2, 0.25) is 17.6 Å². The van der Waals surface area contributed by atoms with Gasteiger partial charge in [-0.3, -0.25) is 9.69 Å². The highest BCUT2D eigenvalue weighted by atomic mass is 16.5. The van der Waals surface area contributed by atoms with Gasteiger partial charge in [0.15, 0.2) is 0 Å². The molecule has 0 atom stereocenters. The fourth-order valence-electron chi connectivity index (χ4n) is 3.48. The van der Waals surface area contributed by atoms with Crippen LogP contribution in [0.2, 0.25) is 0 Å². The summed E-state index contributed by atoms with van der Waals surface area (Å²) in [7, 11) is 0. The average Bonchev–Trinajstić information content (AvgIpc) is 3.20. The summed E-state index contributed by atoms with van der Waals surface area (Å²) in [5, 5.41) is 7.08. The van der Waals surface area contributed by atoms with Crippen molar-refractivity contribution in [2.45, 2.75) is 25.7 Å². The van der Waals surface area contributed by atoms with E-state index < -0.39 is 0 Å². The van der Waals surface area contributed by atoms with Crippen molar-refractivity contribution in [3.8, 4) is 11.4 Å². The average molecular weight is 376 g/mol. The van der Waals surface area contributed by atoms with Crippen LogP contribution in [0.3, 0.4) is 0 Å². The SMILES string of the molecule is Cc1ccc(-c2noc(C3CCN(CC(=O)Nc4ccccc4)CC3)n2)cc1. The number of hydrogen-bond acceptors (Lipinski definition) is 5. The minimum atomic E-state index is 0.0177. The summed E-state index contributed by atoms with van der Waals surface area (Å²) >= 11 is 0. The van der Waals surface area contributed by atoms with E-state index in [1.807, 2.05) is 54.6 Å². The van der Waals surface area contributed by atoms with Crippen LogP contribution in [0.5, 0.6) is 0 Å². The first kappa shape index (κ1) is 18.4. The third kappa shape index (κ3) is 4.46. The van der Waals surface area contributed by atoms with Gasteiger partial charge in [-0.25, -0.2) is 0 Å². The quantitative estimate of drug-likeness (QED) is 0.732. The van der Waals surface area contributed by atoms with Crippen LogP contribution in [0.4, 0.5) is 5.69 Å². The molecule has 2 heterocycles. The van der Waals surface area contributed by atoms with Crippen LogP contribution in [-0.4, -0.2) is 40.6 Å². The van der Waals surface area contributed by atoms with Gasteiger partial charge in [0.1, 0.15) is 0 Å². The summed E-state index contributed by atoms with van der Waals surface area (Å²) in [6.07, 6.45) is 1.82. The Hall–Kier alpha value is -2.99. The van der Waals surface area contributed by atoms with E-state index in [9.17, 15) is 4.79 Å². The van der Waals surface area contributed by atoms with E-state index in [0.717, 1.165) is 37.2 Å². The number of aromatic nitrogens is 2. The molecule has 0 aliphatic carbocycles. The van der Waals surface area contributed by atoms with Gasteiger partial charge in [-0.05, 0) is 45.0 Å². The molecule has 1 aliphatic rings. The molecule has 0 bridgehead atoms. The molecule has 1 fully saturated rings. The highest BCUT2D eigenvalue weighted by Crippen LogP contribution is 2.28. The maximum absolute atomic E-state index is 12.2. The molecule has 1 aromatic heterocycles. The highest BCUT2D eigenvalue weighted by Gasteiger charge is 2.26. The molecule has 0 unspecified atom stereocenters. The summed E-state index contributed by atoms with van der Waals surface area (Å²) in [6.45, 7) is 4.14. The third-order valence-electron chi connectivity index (χ3n) is 5.11. The molecule has 144 valence electrons. The van der Waals surface area contributed by atoms with Crippen LogP contribution in [0.1, 0.15) is 30.2 Å². The topological polar surface area (TPSA) is 71.3 Å². The van der Waals surface area contributed by atoms with Crippen LogP contribution >= 0.6 is 0 Å². The second-order valence-corrected chi connectivity index (χ2v) is 7.29. The lowest BCUT2D eigenvalue weighted by Crippen LogP contribution is -2.38. The van der Waals surface area contributed by atoms with Crippen LogP contribution in [-0.2, 0) is 4.79 Å². The summed E-state index contributed by atoms with van der Waals surface area (Å²) in [5.74, 6) is 1.60. The number of nitrogens with zero attached hydrogens (tertiary/aromatic N) is 3. The monoisotopic (exact) mass is 376 g/mol. The van der Waals surface area contributed by atoms with Crippen molar-refractivity contribution in [1.82, 2.24) is 15.0 Å². The Morgan fingerprint density at radius 3 is 2.54 bits per heavy atom. The van der Waals surface area contributed by atoms with Gasteiger partial charge < -0.3 is 9.84 Å². The number of rotatable bonds is 5. The Kier molecular flexibility index (Phi) is 5.48. The minimum absolute atomic E-state index is 0.0177. The molecule has 1 saturated heterocycles. The Labute approximate surface area is 164 Å². The number of hydrogen-bond donors (Lipinski definition) is 1. The summed E-state index contributed by atoms with van der Waals surface area (Å²) < 4.78 is 5.53. The van der Waals surface area contributed by atoms with Gasteiger partial charge in [-0.1, -0.05) is 53.2 Å². The first-order chi connectivity index (χ1) is 13.7. The maximum Gasteiger partial charge on any atom is 0.238 e. The predicted molar refractivity (Wildman–Crippen MR) is 108 cm³/mol. The fraction of sp³-hybridized carbons (Fsp3) is 0.318. The molecule has 3 aromatic rings. The van der Waals surface area contributed by atoms with E-state index in [2.05, 4.69) is 27.3 Å². The van der Waals surface area contributed by atoms with Gasteiger partial charge in [-0.15, -0.1) is 0 Å². The summed E-state index contributed by atoms with van der Waals surface area (Å²) in [5.41, 5.74) is 3.00. The van der Waals surface area contributed by atoms with E-state index >= 15 is 0 Å². The zero-order valence-electron chi connectivity index (χ0n) is 16.0. The molecule has 0 radical (unpaired) electrons. The number of anilines is 1. The third-order valence-corrected chi connectivity index (χ3v) is 5.11. The minimum Gasteiger partial charge on any atom is -0.339 e. The van der Waals surface area contributed by atoms with Crippen molar-refractivity contribution in [2.75, 3.05) is 25.0 Å². The maximum atomic E-state index is 12.2. The number of benzene rings is 2. The number of nitrogens with one attached hydrogen (secondary N) is 1. The van der Waals surface area contributed by atoms with Crippen molar-refractivity contribution in [3.05, 3.63) is 66.1 Å². The van der Waals surface area contributed by atoms with Crippen LogP contribution in [0, 0.1) is 6.92 Å². The van der Waals surface area contributed by atoms with E-state index in [-0.39, 0.29) is 11.8 Å². The number of piperidine rings is 1. The van der Waals surface area contributed by atoms with Crippen LogP contribution < -0.4 is 5.32 Å². The fourth-order valence-corrected chi connectivity index (χ4v) is 3.48. The molecule has 6 nitrogen and oxygen atoms in total. The Bertz CT molecular complexity index is 913. The van der Waals surface area contributed by atoms with Crippen molar-refractivity contribution in [2.24, 2.45) is 0 Å². The predicted octanol–water partition coefficient (Wildman–Crippen LogP) is 3.86. The highest BCUT2D eigenvalue weighted by molar-refractivity contribution is 5.92. The van der Waals surface area contributed by atoms with E-state index in [4.69, 9.17) is 4.52 Å². The molecule has 4 rings (SSSR count). The number of aryl methyl sites for hydroxylation is 1. The number of likely N-dealkylation sites (tertiary alicyclic amines) is 1. The smallest absolute Gasteiger partial charge is 0.238 e. The van der Waals surface area contributed by atoms with E-state index in [1.54, 1.807) is 0 Å². The second-order valence-electron chi connectivity index (χ2n) is 7.29. The van der Waals surface area contributed by atoms with Gasteiger partial charge in [0.25, 0.3) is 0 Å². The zero-order chi connectivity index (χ0) is 19.3. The van der Waals surface area contributed by atoms with Gasteiger partial charge >= 0.3 is 0 Å². The van der Waals surface area contributed by atoms with Crippen molar-refractivity contribution in [1.29, 1.82) is 0 Å². The van der Waals surface area contributed by atoms with Crippen LogP contribution in [0.15, 0.2) is 59.1 Å². The van der Waals surface area contributed by atoms with Crippen molar-refractivity contribution < 1.29 is 9.32 Å². The largest absolute Gasteiger partial charge is 0.339 e. The molecule has 0 spiro atoms. The number of para-hydroxylation sites is 1. The molecule has 1 amide bonds. The van der Waals surface area contributed by atoms with E-state index in [1.165, 1.54) is 5.56 Å². The molecular weight excluding hydrogens is 352 g/mol. The first-order valence-electron chi connectivity index (χ1n) is 9.65. The number of carbonyl (C=O) groups excluding carboxylic acids is 1. The lowest BCUT2D eigenvalue weighted by Gasteiger charge is -2.29. The van der Waals surface area contributed by atoms with Crippen molar-refractivity contribution in [3.63, 3.8) is 0 Å². The normalized spacial score (nSPS) is 15.5. The lowest BCUT2D eigenvalue weighted by molar-refractivity contribution is -0.117. The lowest BCUT2D eigenvalue weighted by atomic mass is 9.97. The Morgan fingerprint density at radius 1 is 1.11 bits per heavy atom. The number of carbonyl (C=O) groups is 1. The molecule has 28 heavy (non-hydrogen) atoms. The van der Waals surface area contributed by atoms with Gasteiger partial charge in [0, 0.05) is 17.2 Å². The molecule has 2 aromatic carbocycles. The standard InChI is InChI=1S/C22H24N4O2/c1-16-7-9-17(10-8-16)21-24-22(28-25-21)18-11-13-26(14-12-18)15-20(27)23-19-5-3-2-4-6-19/h2-10,18H,11-15H2,1H3,(H,23,27). The molecule has 1 aliphatic heterocycles. The Balaban J connectivity index is 1.29. The summed E-state index contributed by atoms with van der Waals surface area (Å²) in [6, 6.07) is 17.7. The Morgan fingerprint density at radius 2 is 1.82 bits per heavy atom. The van der Waals surface area contributed by atoms with Gasteiger partial charge in [0.05, 0.1) is 6.54 Å². The number of amides is 1. The molecule has 1 N–H and O–H groups in total. The second kappa shape index (κ2) is 8.35. The van der Waals surface area contributed by atoms with E-state index in [0.29, 0.717) is 18.3 Å². The van der Waals surface area contributed by atoms with Gasteiger partial charge in [-0.2, -0.15) is 4.98 Å². The molecule has 0 saturated carbocycles. The zero-order valence-corrected chi connectivity index (χ0v) is 16.0. The first-order valence-corrected chi connectivity index (χ1v) is 9.65. The summed E-state index contributed by atoms with van der Waals surface area (Å²) in [4.78, 5) is 19.0. The molecule has 6 heteroatoms.